The first kappa shape index (κ1) is 11.9. The molecule has 1 heteroatoms. The van der Waals surface area contributed by atoms with E-state index in [0.717, 1.165) is 18.8 Å². The van der Waals surface area contributed by atoms with Crippen LogP contribution in [-0.4, -0.2) is 11.7 Å². The first-order valence-electron chi connectivity index (χ1n) is 6.56. The Morgan fingerprint density at radius 2 is 2.19 bits per heavy atom. The van der Waals surface area contributed by atoms with E-state index < -0.39 is 0 Å². The molecule has 16 heavy (non-hydrogen) atoms. The molecule has 0 bridgehead atoms. The third-order valence-corrected chi connectivity index (χ3v) is 4.83. The standard InChI is InChI=1S/C15H24O/c1-11(2)14-5-4-12(3)15(14)8-6-13(10-16)7-9-15/h6,12,16H,4-5,7-10H2,1-3H3. The zero-order valence-corrected chi connectivity index (χ0v) is 10.8. The Hall–Kier alpha value is -0.560. The second-order valence-corrected chi connectivity index (χ2v) is 5.80. The van der Waals surface area contributed by atoms with Crippen LogP contribution in [0.3, 0.4) is 0 Å². The molecule has 0 radical (unpaired) electrons. The van der Waals surface area contributed by atoms with Crippen molar-refractivity contribution in [2.75, 3.05) is 6.61 Å². The average Bonchev–Trinajstić information content (AvgIpc) is 2.58. The van der Waals surface area contributed by atoms with E-state index in [1.807, 2.05) is 0 Å². The summed E-state index contributed by atoms with van der Waals surface area (Å²) in [6.07, 6.45) is 8.45. The molecule has 2 rings (SSSR count). The van der Waals surface area contributed by atoms with Gasteiger partial charge in [-0.25, -0.2) is 0 Å². The lowest BCUT2D eigenvalue weighted by molar-refractivity contribution is 0.225. The number of allylic oxidation sites excluding steroid dienone is 3. The SMILES string of the molecule is CC(C)=C1CCC(C)C12CC=C(CO)CC2. The highest BCUT2D eigenvalue weighted by molar-refractivity contribution is 5.29. The van der Waals surface area contributed by atoms with Gasteiger partial charge in [0.2, 0.25) is 0 Å². The van der Waals surface area contributed by atoms with Gasteiger partial charge in [0, 0.05) is 0 Å². The van der Waals surface area contributed by atoms with Gasteiger partial charge in [-0.05, 0) is 62.9 Å². The summed E-state index contributed by atoms with van der Waals surface area (Å²) >= 11 is 0. The van der Waals surface area contributed by atoms with Crippen molar-refractivity contribution in [1.82, 2.24) is 0 Å². The molecule has 0 aromatic carbocycles. The molecule has 0 saturated heterocycles. The van der Waals surface area contributed by atoms with E-state index >= 15 is 0 Å². The molecule has 0 aromatic rings. The highest BCUT2D eigenvalue weighted by Crippen LogP contribution is 2.56. The van der Waals surface area contributed by atoms with Crippen LogP contribution in [0.5, 0.6) is 0 Å². The normalized spacial score (nSPS) is 34.4. The molecule has 1 fully saturated rings. The van der Waals surface area contributed by atoms with Crippen LogP contribution in [-0.2, 0) is 0 Å². The first-order valence-corrected chi connectivity index (χ1v) is 6.56. The number of hydrogen-bond acceptors (Lipinski definition) is 1. The Labute approximate surface area is 99.3 Å². The zero-order chi connectivity index (χ0) is 11.8. The monoisotopic (exact) mass is 220 g/mol. The Balaban J connectivity index is 2.30. The third kappa shape index (κ3) is 1.75. The molecule has 1 spiro atoms. The molecule has 2 atom stereocenters. The number of hydrogen-bond donors (Lipinski definition) is 1. The number of rotatable bonds is 1. The molecule has 0 heterocycles. The lowest BCUT2D eigenvalue weighted by Crippen LogP contribution is -2.28. The summed E-state index contributed by atoms with van der Waals surface area (Å²) < 4.78 is 0. The van der Waals surface area contributed by atoms with Crippen molar-refractivity contribution in [3.8, 4) is 0 Å². The third-order valence-electron chi connectivity index (χ3n) is 4.83. The second kappa shape index (κ2) is 4.37. The van der Waals surface area contributed by atoms with Gasteiger partial charge in [-0.3, -0.25) is 0 Å². The van der Waals surface area contributed by atoms with Gasteiger partial charge in [-0.15, -0.1) is 0 Å². The van der Waals surface area contributed by atoms with Crippen LogP contribution in [0.4, 0.5) is 0 Å². The summed E-state index contributed by atoms with van der Waals surface area (Å²) in [5.74, 6) is 0.814. The molecular weight excluding hydrogens is 196 g/mol. The van der Waals surface area contributed by atoms with E-state index in [4.69, 9.17) is 0 Å². The smallest absolute Gasteiger partial charge is 0.0641 e. The van der Waals surface area contributed by atoms with Crippen LogP contribution >= 0.6 is 0 Å². The zero-order valence-electron chi connectivity index (χ0n) is 10.8. The molecule has 2 unspecified atom stereocenters. The van der Waals surface area contributed by atoms with E-state index in [1.54, 1.807) is 5.57 Å². The van der Waals surface area contributed by atoms with Gasteiger partial charge in [-0.1, -0.05) is 24.1 Å². The van der Waals surface area contributed by atoms with Gasteiger partial charge in [0.1, 0.15) is 0 Å². The highest BCUT2D eigenvalue weighted by atomic mass is 16.3. The van der Waals surface area contributed by atoms with Crippen molar-refractivity contribution < 1.29 is 5.11 Å². The van der Waals surface area contributed by atoms with E-state index in [1.165, 1.54) is 30.4 Å². The fourth-order valence-electron chi connectivity index (χ4n) is 3.71. The van der Waals surface area contributed by atoms with Crippen LogP contribution in [0.2, 0.25) is 0 Å². The maximum Gasteiger partial charge on any atom is 0.0641 e. The Morgan fingerprint density at radius 1 is 1.44 bits per heavy atom. The summed E-state index contributed by atoms with van der Waals surface area (Å²) in [5.41, 5.74) is 4.94. The van der Waals surface area contributed by atoms with Crippen LogP contribution in [0, 0.1) is 11.3 Å². The molecule has 1 nitrogen and oxygen atoms in total. The number of aliphatic hydroxyl groups excluding tert-OH is 1. The lowest BCUT2D eigenvalue weighted by Gasteiger charge is -2.39. The van der Waals surface area contributed by atoms with Gasteiger partial charge in [0.15, 0.2) is 0 Å². The van der Waals surface area contributed by atoms with Gasteiger partial charge in [0.05, 0.1) is 6.61 Å². The largest absolute Gasteiger partial charge is 0.392 e. The maximum atomic E-state index is 9.18. The minimum atomic E-state index is 0.259. The van der Waals surface area contributed by atoms with Crippen molar-refractivity contribution in [1.29, 1.82) is 0 Å². The summed E-state index contributed by atoms with van der Waals surface area (Å²) in [7, 11) is 0. The van der Waals surface area contributed by atoms with Crippen LogP contribution in [0.1, 0.15) is 52.9 Å². The molecule has 1 N–H and O–H groups in total. The van der Waals surface area contributed by atoms with Gasteiger partial charge >= 0.3 is 0 Å². The van der Waals surface area contributed by atoms with Crippen molar-refractivity contribution >= 4 is 0 Å². The summed E-state index contributed by atoms with van der Waals surface area (Å²) in [4.78, 5) is 0. The van der Waals surface area contributed by atoms with E-state index in [2.05, 4.69) is 26.8 Å². The molecule has 2 aliphatic rings. The van der Waals surface area contributed by atoms with E-state index in [9.17, 15) is 5.11 Å². The fourth-order valence-corrected chi connectivity index (χ4v) is 3.71. The summed E-state index contributed by atoms with van der Waals surface area (Å²) in [5, 5.41) is 9.18. The van der Waals surface area contributed by atoms with Crippen molar-refractivity contribution in [2.24, 2.45) is 11.3 Å². The van der Waals surface area contributed by atoms with Crippen molar-refractivity contribution in [2.45, 2.75) is 52.9 Å². The summed E-state index contributed by atoms with van der Waals surface area (Å²) in [6, 6.07) is 0. The van der Waals surface area contributed by atoms with Crippen LogP contribution in [0.15, 0.2) is 22.8 Å². The fraction of sp³-hybridized carbons (Fsp3) is 0.733. The maximum absolute atomic E-state index is 9.18. The molecular formula is C15H24O. The van der Waals surface area contributed by atoms with Crippen LogP contribution in [0.25, 0.3) is 0 Å². The quantitative estimate of drug-likeness (QED) is 0.666. The first-order chi connectivity index (χ1) is 7.60. The van der Waals surface area contributed by atoms with Gasteiger partial charge in [0.25, 0.3) is 0 Å². The topological polar surface area (TPSA) is 20.2 Å². The molecule has 90 valence electrons. The Bertz CT molecular complexity index is 333. The predicted molar refractivity (Wildman–Crippen MR) is 68.2 cm³/mol. The predicted octanol–water partition coefficient (Wildman–Crippen LogP) is 3.84. The summed E-state index contributed by atoms with van der Waals surface area (Å²) in [6.45, 7) is 7.20. The van der Waals surface area contributed by atoms with Crippen LogP contribution < -0.4 is 0 Å². The molecule has 1 saturated carbocycles. The molecule has 0 aliphatic heterocycles. The van der Waals surface area contributed by atoms with E-state index in [-0.39, 0.29) is 6.61 Å². The Morgan fingerprint density at radius 3 is 2.69 bits per heavy atom. The minimum Gasteiger partial charge on any atom is -0.392 e. The molecule has 0 amide bonds. The van der Waals surface area contributed by atoms with Crippen molar-refractivity contribution in [3.05, 3.63) is 22.8 Å². The van der Waals surface area contributed by atoms with Crippen molar-refractivity contribution in [3.63, 3.8) is 0 Å². The van der Waals surface area contributed by atoms with E-state index in [0.29, 0.717) is 5.41 Å². The number of aliphatic hydroxyl groups is 1. The second-order valence-electron chi connectivity index (χ2n) is 5.80. The lowest BCUT2D eigenvalue weighted by atomic mass is 9.66. The Kier molecular flexibility index (Phi) is 3.25. The highest BCUT2D eigenvalue weighted by Gasteiger charge is 2.44. The molecule has 2 aliphatic carbocycles. The van der Waals surface area contributed by atoms with Gasteiger partial charge < -0.3 is 5.11 Å². The average molecular weight is 220 g/mol. The van der Waals surface area contributed by atoms with Gasteiger partial charge in [-0.2, -0.15) is 0 Å². The molecule has 0 aromatic heterocycles. The minimum absolute atomic E-state index is 0.259.